The average molecular weight is 636 g/mol. The van der Waals surface area contributed by atoms with Crippen molar-refractivity contribution in [1.82, 2.24) is 5.32 Å². The number of Topliss-reactive ketones (excluding diaryl/α,β-unsaturated/α-hetero) is 2. The molecule has 0 radical (unpaired) electrons. The van der Waals surface area contributed by atoms with Crippen molar-refractivity contribution in [2.75, 3.05) is 92.4 Å². The van der Waals surface area contributed by atoms with Gasteiger partial charge in [-0.1, -0.05) is 41.5 Å². The number of ether oxygens (including phenoxy) is 7. The molecular weight excluding hydrogens is 566 g/mol. The normalized spacial score (nSPS) is 11.5. The molecule has 0 bridgehead atoms. The largest absolute Gasteiger partial charge is 0.379 e. The molecule has 10 nitrogen and oxygen atoms in total. The van der Waals surface area contributed by atoms with Gasteiger partial charge >= 0.3 is 0 Å². The van der Waals surface area contributed by atoms with E-state index >= 15 is 0 Å². The van der Waals surface area contributed by atoms with Crippen LogP contribution in [-0.4, -0.2) is 116 Å². The van der Waals surface area contributed by atoms with E-state index in [0.29, 0.717) is 123 Å². The monoisotopic (exact) mass is 635 g/mol. The fraction of sp³-hybridized carbons (Fsp3) is 0.941. The second-order valence-electron chi connectivity index (χ2n) is 12.2. The van der Waals surface area contributed by atoms with Gasteiger partial charge in [0, 0.05) is 51.5 Å². The van der Waals surface area contributed by atoms with E-state index in [-0.39, 0.29) is 17.7 Å². The van der Waals surface area contributed by atoms with Crippen LogP contribution >= 0.6 is 0 Å². The van der Waals surface area contributed by atoms with Crippen molar-refractivity contribution in [3.8, 4) is 0 Å². The van der Waals surface area contributed by atoms with Crippen LogP contribution in [0.5, 0.6) is 0 Å². The Morgan fingerprint density at radius 3 is 1.41 bits per heavy atom. The Morgan fingerprint density at radius 2 is 0.955 bits per heavy atom. The topological polar surface area (TPSA) is 111 Å². The minimum Gasteiger partial charge on any atom is -0.379 e. The maximum Gasteiger partial charge on any atom is 0.135 e. The summed E-state index contributed by atoms with van der Waals surface area (Å²) in [6, 6.07) is 0.495. The van der Waals surface area contributed by atoms with E-state index in [1.807, 2.05) is 27.7 Å². The highest BCUT2D eigenvalue weighted by atomic mass is 16.5. The molecule has 0 rings (SSSR count). The molecule has 0 aliphatic carbocycles. The highest BCUT2D eigenvalue weighted by Gasteiger charge is 2.05. The summed E-state index contributed by atoms with van der Waals surface area (Å²) in [7, 11) is 0. The molecule has 0 atom stereocenters. The fourth-order valence-corrected chi connectivity index (χ4v) is 3.47. The lowest BCUT2D eigenvalue weighted by atomic mass is 10.1. The van der Waals surface area contributed by atoms with Crippen LogP contribution in [-0.2, 0) is 42.7 Å². The molecule has 0 aromatic carbocycles. The molecular formula is C34H69NO9. The molecule has 264 valence electrons. The van der Waals surface area contributed by atoms with Gasteiger partial charge in [0.05, 0.1) is 78.8 Å². The predicted molar refractivity (Wildman–Crippen MR) is 177 cm³/mol. The van der Waals surface area contributed by atoms with E-state index in [2.05, 4.69) is 33.0 Å². The van der Waals surface area contributed by atoms with Gasteiger partial charge in [-0.3, -0.25) is 9.59 Å². The van der Waals surface area contributed by atoms with Crippen molar-refractivity contribution >= 4 is 11.6 Å². The number of hydrogen-bond acceptors (Lipinski definition) is 10. The van der Waals surface area contributed by atoms with E-state index in [1.165, 1.54) is 0 Å². The summed E-state index contributed by atoms with van der Waals surface area (Å²) < 4.78 is 37.8. The minimum atomic E-state index is 0.231. The summed E-state index contributed by atoms with van der Waals surface area (Å²) in [5.74, 6) is 1.61. The molecule has 44 heavy (non-hydrogen) atoms. The van der Waals surface area contributed by atoms with Crippen molar-refractivity contribution in [3.05, 3.63) is 0 Å². The zero-order valence-electron chi connectivity index (χ0n) is 29.6. The maximum absolute atomic E-state index is 11.6. The molecule has 0 saturated heterocycles. The Labute approximate surface area is 269 Å². The van der Waals surface area contributed by atoms with Gasteiger partial charge in [-0.2, -0.15) is 0 Å². The number of ketones is 2. The van der Waals surface area contributed by atoms with Crippen molar-refractivity contribution in [2.45, 2.75) is 106 Å². The van der Waals surface area contributed by atoms with E-state index in [0.717, 1.165) is 26.0 Å². The lowest BCUT2D eigenvalue weighted by Gasteiger charge is -2.09. The molecule has 0 aromatic heterocycles. The number of rotatable bonds is 32. The second-order valence-corrected chi connectivity index (χ2v) is 12.2. The second kappa shape index (κ2) is 34.9. The van der Waals surface area contributed by atoms with Crippen molar-refractivity contribution < 1.29 is 42.7 Å². The fourth-order valence-electron chi connectivity index (χ4n) is 3.47. The smallest absolute Gasteiger partial charge is 0.135 e. The van der Waals surface area contributed by atoms with Gasteiger partial charge in [0.2, 0.25) is 0 Å². The van der Waals surface area contributed by atoms with Gasteiger partial charge in [-0.05, 0) is 38.5 Å². The number of hydrogen-bond donors (Lipinski definition) is 1. The predicted octanol–water partition coefficient (Wildman–Crippen LogP) is 5.29. The number of carbonyl (C=O) groups excluding carboxylic acids is 2. The lowest BCUT2D eigenvalue weighted by molar-refractivity contribution is -0.121. The molecule has 0 unspecified atom stereocenters. The van der Waals surface area contributed by atoms with Crippen molar-refractivity contribution in [1.29, 1.82) is 0 Å². The van der Waals surface area contributed by atoms with Gasteiger partial charge in [0.15, 0.2) is 0 Å². The maximum atomic E-state index is 11.6. The summed E-state index contributed by atoms with van der Waals surface area (Å²) in [6.45, 7) is 25.2. The molecule has 0 amide bonds. The molecule has 0 fully saturated rings. The highest BCUT2D eigenvalue weighted by molar-refractivity contribution is 5.78. The Bertz CT molecular complexity index is 616. The third-order valence-electron chi connectivity index (χ3n) is 5.86. The van der Waals surface area contributed by atoms with E-state index in [4.69, 9.17) is 33.2 Å². The van der Waals surface area contributed by atoms with Crippen LogP contribution in [0.25, 0.3) is 0 Å². The summed E-state index contributed by atoms with van der Waals surface area (Å²) in [6.07, 6.45) is 4.29. The summed E-state index contributed by atoms with van der Waals surface area (Å²) >= 11 is 0. The van der Waals surface area contributed by atoms with Crippen LogP contribution in [0.4, 0.5) is 0 Å². The van der Waals surface area contributed by atoms with Crippen LogP contribution in [0.1, 0.15) is 93.9 Å². The Hall–Kier alpha value is -0.980. The first-order valence-electron chi connectivity index (χ1n) is 16.9. The van der Waals surface area contributed by atoms with Crippen molar-refractivity contribution in [2.24, 2.45) is 11.8 Å². The van der Waals surface area contributed by atoms with Gasteiger partial charge in [0.25, 0.3) is 0 Å². The molecule has 0 aliphatic heterocycles. The van der Waals surface area contributed by atoms with Gasteiger partial charge in [-0.15, -0.1) is 0 Å². The number of nitrogens with one attached hydrogen (secondary N) is 1. The molecule has 0 spiro atoms. The van der Waals surface area contributed by atoms with Crippen LogP contribution < -0.4 is 5.32 Å². The van der Waals surface area contributed by atoms with E-state index in [9.17, 15) is 9.59 Å². The summed E-state index contributed by atoms with van der Waals surface area (Å²) in [5, 5.41) is 3.28. The molecule has 0 aliphatic rings. The Morgan fingerprint density at radius 1 is 0.500 bits per heavy atom. The van der Waals surface area contributed by atoms with Gasteiger partial charge in [-0.25, -0.2) is 0 Å². The molecule has 0 saturated carbocycles. The molecule has 0 aromatic rings. The lowest BCUT2D eigenvalue weighted by Crippen LogP contribution is -2.27. The summed E-state index contributed by atoms with van der Waals surface area (Å²) in [4.78, 5) is 23.0. The third-order valence-corrected chi connectivity index (χ3v) is 5.86. The zero-order valence-corrected chi connectivity index (χ0v) is 29.6. The standard InChI is InChI=1S/C18H36O5.C16H33NO4/c1-16(2)7-10-20-12-14-22-15-13-21-11-8-18(19)6-5-9-23-17(3)4;1-14(2)13-16(18)5-7-19-9-11-21-12-10-20-8-6-17-15(3)4/h16-17H,5-15H2,1-4H3;14-15,17H,5-13H2,1-4H3. The first kappa shape index (κ1) is 45.1. The van der Waals surface area contributed by atoms with E-state index < -0.39 is 0 Å². The van der Waals surface area contributed by atoms with Crippen molar-refractivity contribution in [3.63, 3.8) is 0 Å². The third kappa shape index (κ3) is 43.1. The first-order valence-corrected chi connectivity index (χ1v) is 16.9. The minimum absolute atomic E-state index is 0.231. The first-order chi connectivity index (χ1) is 21.0. The van der Waals surface area contributed by atoms with Crippen LogP contribution in [0, 0.1) is 11.8 Å². The highest BCUT2D eigenvalue weighted by Crippen LogP contribution is 2.03. The molecule has 1 N–H and O–H groups in total. The van der Waals surface area contributed by atoms with Crippen LogP contribution in [0.3, 0.4) is 0 Å². The number of carbonyl (C=O) groups is 2. The molecule has 10 heteroatoms. The van der Waals surface area contributed by atoms with Crippen LogP contribution in [0.15, 0.2) is 0 Å². The van der Waals surface area contributed by atoms with Gasteiger partial charge in [0.1, 0.15) is 11.6 Å². The molecule has 0 heterocycles. The SMILES string of the molecule is CC(C)CC(=O)CCOCCOCCOCCNC(C)C.CC(C)CCOCCOCCOCCC(=O)CCCOC(C)C. The van der Waals surface area contributed by atoms with Gasteiger partial charge < -0.3 is 38.5 Å². The van der Waals surface area contributed by atoms with Crippen LogP contribution in [0.2, 0.25) is 0 Å². The average Bonchev–Trinajstić information content (AvgIpc) is 2.94. The summed E-state index contributed by atoms with van der Waals surface area (Å²) in [5.41, 5.74) is 0. The quantitative estimate of drug-likeness (QED) is 0.0980. The zero-order chi connectivity index (χ0) is 33.3. The Balaban J connectivity index is 0. The van der Waals surface area contributed by atoms with E-state index in [1.54, 1.807) is 0 Å². The Kier molecular flexibility index (Phi) is 35.8.